The molecule has 5 aliphatic rings. The van der Waals surface area contributed by atoms with Crippen molar-refractivity contribution in [2.45, 2.75) is 159 Å². The van der Waals surface area contributed by atoms with Gasteiger partial charge in [-0.3, -0.25) is 19.1 Å². The van der Waals surface area contributed by atoms with Gasteiger partial charge in [-0.25, -0.2) is 18.2 Å². The summed E-state index contributed by atoms with van der Waals surface area (Å²) in [5, 5.41) is 12.3. The highest BCUT2D eigenvalue weighted by molar-refractivity contribution is 7.91. The molecule has 1 unspecified atom stereocenters. The molecule has 3 aromatic rings. The van der Waals surface area contributed by atoms with Gasteiger partial charge in [0.1, 0.15) is 28.2 Å². The van der Waals surface area contributed by atoms with Crippen molar-refractivity contribution in [2.75, 3.05) is 16.8 Å². The number of sulfonamides is 1. The van der Waals surface area contributed by atoms with Crippen LogP contribution in [0.1, 0.15) is 116 Å². The molecule has 2 saturated carbocycles. The average molecular weight is 930 g/mol. The van der Waals surface area contributed by atoms with E-state index in [9.17, 15) is 27.6 Å². The second kappa shape index (κ2) is 18.0. The molecule has 8 rings (SSSR count). The minimum atomic E-state index is -4.01. The van der Waals surface area contributed by atoms with Crippen LogP contribution in [0.2, 0.25) is 0 Å². The Morgan fingerprint density at radius 3 is 2.52 bits per heavy atom. The number of nitrogens with zero attached hydrogens (tertiary/aromatic N) is 3. The van der Waals surface area contributed by atoms with E-state index in [1.165, 1.54) is 16.0 Å². The van der Waals surface area contributed by atoms with Gasteiger partial charge in [0.05, 0.1) is 27.9 Å². The molecule has 0 spiro atoms. The Morgan fingerprint density at radius 1 is 1.06 bits per heavy atom. The fraction of sp³-hybridized carbons (Fsp3) is 0.562. The van der Waals surface area contributed by atoms with E-state index in [0.717, 1.165) is 40.5 Å². The van der Waals surface area contributed by atoms with Crippen molar-refractivity contribution >= 4 is 56.5 Å². The Kier molecular flexibility index (Phi) is 12.9. The zero-order chi connectivity index (χ0) is 46.5. The van der Waals surface area contributed by atoms with E-state index >= 15 is 0 Å². The lowest BCUT2D eigenvalue weighted by atomic mass is 10.0. The number of ether oxygens (including phenoxy) is 2. The third-order valence-corrected chi connectivity index (χ3v) is 16.3. The van der Waals surface area contributed by atoms with Gasteiger partial charge in [-0.1, -0.05) is 60.9 Å². The SMILES string of the molecule is Cc1ccc(Cc2csc(-c3cccc4c3NC(O[C@@H]3C[C@H]5C(=O)N[C@]6(C(=O)NS(=O)(=O)C7(C)CC7)C[C@H]6/C=C\CCCCC[C@H](NC(=O)OC(C)(C)C)C(=O)N5C3)N4C(C)C)n2)cc1. The molecule has 2 aromatic carbocycles. The monoisotopic (exact) mass is 929 g/mol. The molecule has 0 radical (unpaired) electrons. The first-order valence-corrected chi connectivity index (χ1v) is 25.3. The van der Waals surface area contributed by atoms with E-state index in [0.29, 0.717) is 38.5 Å². The fourth-order valence-corrected chi connectivity index (χ4v) is 11.2. The van der Waals surface area contributed by atoms with Crippen molar-refractivity contribution < 1.29 is 37.1 Å². The molecule has 3 fully saturated rings. The van der Waals surface area contributed by atoms with Gasteiger partial charge in [-0.05, 0) is 105 Å². The molecule has 1 aromatic heterocycles. The summed E-state index contributed by atoms with van der Waals surface area (Å²) >= 11 is 1.58. The number of hydrogen-bond acceptors (Lipinski definition) is 12. The van der Waals surface area contributed by atoms with Crippen LogP contribution in [-0.2, 0) is 40.3 Å². The van der Waals surface area contributed by atoms with Crippen LogP contribution in [0, 0.1) is 12.8 Å². The predicted octanol–water partition coefficient (Wildman–Crippen LogP) is 6.91. The van der Waals surface area contributed by atoms with Gasteiger partial charge in [0.15, 0.2) is 0 Å². The number of benzene rings is 2. The molecule has 6 atom stereocenters. The van der Waals surface area contributed by atoms with Crippen LogP contribution in [0.15, 0.2) is 60.0 Å². The van der Waals surface area contributed by atoms with E-state index in [1.54, 1.807) is 39.0 Å². The molecule has 15 nitrogen and oxygen atoms in total. The minimum Gasteiger partial charge on any atom is -0.444 e. The quantitative estimate of drug-likeness (QED) is 0.155. The van der Waals surface area contributed by atoms with Crippen molar-refractivity contribution in [2.24, 2.45) is 5.92 Å². The maximum absolute atomic E-state index is 14.8. The highest BCUT2D eigenvalue weighted by Crippen LogP contribution is 2.48. The second-order valence-electron chi connectivity index (χ2n) is 19.9. The first-order chi connectivity index (χ1) is 30.8. The fourth-order valence-electron chi connectivity index (χ4n) is 9.07. The Balaban J connectivity index is 1.07. The summed E-state index contributed by atoms with van der Waals surface area (Å²) in [4.78, 5) is 65.4. The summed E-state index contributed by atoms with van der Waals surface area (Å²) in [5.74, 6) is -2.30. The second-order valence-corrected chi connectivity index (χ2v) is 23.0. The van der Waals surface area contributed by atoms with E-state index in [-0.39, 0.29) is 25.4 Å². The van der Waals surface area contributed by atoms with E-state index in [2.05, 4.69) is 76.0 Å². The molecule has 4 amide bonds. The number of para-hydroxylation sites is 1. The Morgan fingerprint density at radius 2 is 1.82 bits per heavy atom. The number of allylic oxidation sites excluding steroid dienone is 1. The van der Waals surface area contributed by atoms with Crippen molar-refractivity contribution in [3.05, 3.63) is 76.8 Å². The molecule has 1 saturated heterocycles. The number of fused-ring (bicyclic) bond motifs is 3. The minimum absolute atomic E-state index is 0.0147. The maximum Gasteiger partial charge on any atom is 0.408 e. The lowest BCUT2D eigenvalue weighted by Gasteiger charge is -2.32. The number of carbonyl (C=O) groups excluding carboxylic acids is 4. The smallest absolute Gasteiger partial charge is 0.408 e. The number of thiazole rings is 1. The van der Waals surface area contributed by atoms with Crippen molar-refractivity contribution in [3.8, 4) is 10.6 Å². The van der Waals surface area contributed by atoms with Crippen LogP contribution < -0.4 is 25.6 Å². The van der Waals surface area contributed by atoms with Gasteiger partial charge in [-0.15, -0.1) is 11.3 Å². The first-order valence-electron chi connectivity index (χ1n) is 22.9. The van der Waals surface area contributed by atoms with Crippen LogP contribution in [0.3, 0.4) is 0 Å². The summed E-state index contributed by atoms with van der Waals surface area (Å²) in [5.41, 5.74) is 3.74. The van der Waals surface area contributed by atoms with Crippen molar-refractivity contribution in [3.63, 3.8) is 0 Å². The number of amides is 4. The molecule has 65 heavy (non-hydrogen) atoms. The Labute approximate surface area is 386 Å². The van der Waals surface area contributed by atoms with Gasteiger partial charge < -0.3 is 35.2 Å². The van der Waals surface area contributed by atoms with Crippen LogP contribution in [0.4, 0.5) is 16.2 Å². The molecule has 0 bridgehead atoms. The highest BCUT2D eigenvalue weighted by atomic mass is 32.2. The first kappa shape index (κ1) is 46.5. The number of carbonyl (C=O) groups is 4. The normalized spacial score (nSPS) is 27.0. The molecule has 4 N–H and O–H groups in total. The van der Waals surface area contributed by atoms with Crippen LogP contribution in [-0.4, -0.2) is 95.1 Å². The zero-order valence-electron chi connectivity index (χ0n) is 38.4. The average Bonchev–Trinajstić information content (AvgIpc) is 3.92. The third-order valence-electron chi connectivity index (χ3n) is 13.2. The van der Waals surface area contributed by atoms with Gasteiger partial charge in [0.25, 0.3) is 5.91 Å². The number of aryl methyl sites for hydroxylation is 1. The molecule has 17 heteroatoms. The lowest BCUT2D eigenvalue weighted by molar-refractivity contribution is -0.141. The number of nitrogens with one attached hydrogen (secondary N) is 4. The Bertz CT molecular complexity index is 2440. The van der Waals surface area contributed by atoms with E-state index in [4.69, 9.17) is 14.5 Å². The molecular weight excluding hydrogens is 867 g/mol. The van der Waals surface area contributed by atoms with E-state index in [1.807, 2.05) is 30.4 Å². The van der Waals surface area contributed by atoms with Crippen LogP contribution >= 0.6 is 11.3 Å². The van der Waals surface area contributed by atoms with Gasteiger partial charge in [-0.2, -0.15) is 0 Å². The molecule has 2 aliphatic carbocycles. The van der Waals surface area contributed by atoms with E-state index < -0.39 is 80.2 Å². The number of hydrogen-bond donors (Lipinski definition) is 4. The molecule has 3 aliphatic heterocycles. The molecular formula is C48H63N7O8S2. The number of aromatic nitrogens is 1. The maximum atomic E-state index is 14.8. The van der Waals surface area contributed by atoms with Gasteiger partial charge >= 0.3 is 6.09 Å². The van der Waals surface area contributed by atoms with Gasteiger partial charge in [0.2, 0.25) is 28.2 Å². The predicted molar refractivity (Wildman–Crippen MR) is 251 cm³/mol. The summed E-state index contributed by atoms with van der Waals surface area (Å²) in [7, 11) is -4.01. The Hall–Kier alpha value is -5.00. The van der Waals surface area contributed by atoms with Crippen molar-refractivity contribution in [1.82, 2.24) is 25.2 Å². The number of rotatable bonds is 10. The van der Waals surface area contributed by atoms with Crippen LogP contribution in [0.25, 0.3) is 10.6 Å². The van der Waals surface area contributed by atoms with Crippen molar-refractivity contribution in [1.29, 1.82) is 0 Å². The molecule has 4 heterocycles. The van der Waals surface area contributed by atoms with Gasteiger partial charge in [0, 0.05) is 42.3 Å². The zero-order valence-corrected chi connectivity index (χ0v) is 40.1. The highest BCUT2D eigenvalue weighted by Gasteiger charge is 2.63. The lowest BCUT2D eigenvalue weighted by Crippen LogP contribution is -2.58. The molecule has 350 valence electrons. The third kappa shape index (κ3) is 10.1. The number of anilines is 2. The number of alkyl carbamates (subject to hydrolysis) is 1. The van der Waals surface area contributed by atoms with Crippen LogP contribution in [0.5, 0.6) is 0 Å². The standard InChI is InChI=1S/C48H63N7O8S2/c1-29(2)55-37-17-13-15-35(41-49-33(28-64-41)24-31-20-18-30(3)19-21-31)39(37)51-44(55)62-34-25-38-40(56)52-48(43(58)53-65(60,61)47(7)22-23-47)26-32(48)14-11-9-8-10-12-16-36(42(57)54(38)27-34)50-45(59)63-46(4,5)6/h11,13-15,17-21,28-29,32,34,36,38,44,51H,8-10,12,16,22-27H2,1-7H3,(H,50,59)(H,52,56)(H,53,58)/b14-11-/t32-,34-,36+,38+,44?,48-/m1/s1. The summed E-state index contributed by atoms with van der Waals surface area (Å²) in [6.07, 6.45) is 6.82. The topological polar surface area (TPSA) is 188 Å². The summed E-state index contributed by atoms with van der Waals surface area (Å²) in [6, 6.07) is 12.4. The summed E-state index contributed by atoms with van der Waals surface area (Å²) < 4.78 is 40.3. The largest absolute Gasteiger partial charge is 0.444 e. The summed E-state index contributed by atoms with van der Waals surface area (Å²) in [6.45, 7) is 13.1.